The number of carbonyl (C=O) groups excluding carboxylic acids is 2. The molecule has 0 bridgehead atoms. The number of nitrogens with zero attached hydrogens (tertiary/aromatic N) is 2. The van der Waals surface area contributed by atoms with Crippen molar-refractivity contribution < 1.29 is 9.59 Å². The highest BCUT2D eigenvalue weighted by Crippen LogP contribution is 2.32. The predicted octanol–water partition coefficient (Wildman–Crippen LogP) is 3.11. The molecule has 1 atom stereocenters. The molecule has 0 aromatic heterocycles. The maximum Gasteiger partial charge on any atom is 0.249 e. The van der Waals surface area contributed by atoms with Crippen molar-refractivity contribution >= 4 is 40.7 Å². The Morgan fingerprint density at radius 1 is 1.10 bits per heavy atom. The minimum absolute atomic E-state index is 0.0372. The van der Waals surface area contributed by atoms with Crippen LogP contribution in [0.4, 0.5) is 5.69 Å². The van der Waals surface area contributed by atoms with Crippen molar-refractivity contribution in [2.75, 3.05) is 18.0 Å². The molecule has 4 nitrogen and oxygen atoms in total. The molecule has 2 aliphatic rings. The summed E-state index contributed by atoms with van der Waals surface area (Å²) in [6, 6.07) is 4.73. The predicted molar refractivity (Wildman–Crippen MR) is 82.8 cm³/mol. The van der Waals surface area contributed by atoms with Crippen LogP contribution in [0.2, 0.25) is 10.0 Å². The van der Waals surface area contributed by atoms with E-state index < -0.39 is 0 Å². The Hall–Kier alpha value is -1.26. The standard InChI is InChI=1S/C15H16Cl2N2O2/c16-10-4-5-12(11(17)9-10)19-8-6-14(20)18-7-2-1-3-13(18)15(19)21/h4-5,9,13H,1-3,6-8H2. The molecule has 0 N–H and O–H groups in total. The summed E-state index contributed by atoms with van der Waals surface area (Å²) in [6.07, 6.45) is 3.01. The Balaban J connectivity index is 1.95. The van der Waals surface area contributed by atoms with E-state index in [4.69, 9.17) is 23.2 Å². The summed E-state index contributed by atoms with van der Waals surface area (Å²) in [5, 5.41) is 0.967. The number of anilines is 1. The molecule has 0 saturated carbocycles. The fourth-order valence-electron chi connectivity index (χ4n) is 3.07. The highest BCUT2D eigenvalue weighted by atomic mass is 35.5. The van der Waals surface area contributed by atoms with Gasteiger partial charge in [0.1, 0.15) is 6.04 Å². The van der Waals surface area contributed by atoms with E-state index in [9.17, 15) is 9.59 Å². The third-order valence-corrected chi connectivity index (χ3v) is 4.66. The average molecular weight is 327 g/mol. The van der Waals surface area contributed by atoms with Crippen LogP contribution in [0.3, 0.4) is 0 Å². The average Bonchev–Trinajstić information content (AvgIpc) is 2.59. The number of amides is 2. The molecular weight excluding hydrogens is 311 g/mol. The zero-order chi connectivity index (χ0) is 15.0. The first-order valence-corrected chi connectivity index (χ1v) is 7.89. The number of halogens is 2. The van der Waals surface area contributed by atoms with E-state index in [2.05, 4.69) is 0 Å². The fraction of sp³-hybridized carbons (Fsp3) is 0.467. The van der Waals surface area contributed by atoms with Crippen molar-refractivity contribution in [1.82, 2.24) is 4.90 Å². The maximum absolute atomic E-state index is 12.8. The van der Waals surface area contributed by atoms with Crippen molar-refractivity contribution in [3.8, 4) is 0 Å². The van der Waals surface area contributed by atoms with E-state index in [0.29, 0.717) is 35.2 Å². The first-order chi connectivity index (χ1) is 10.1. The molecule has 1 aromatic rings. The lowest BCUT2D eigenvalue weighted by atomic mass is 10.0. The highest BCUT2D eigenvalue weighted by Gasteiger charge is 2.38. The largest absolute Gasteiger partial charge is 0.331 e. The number of fused-ring (bicyclic) bond motifs is 1. The zero-order valence-electron chi connectivity index (χ0n) is 11.5. The van der Waals surface area contributed by atoms with E-state index in [1.54, 1.807) is 28.0 Å². The van der Waals surface area contributed by atoms with Crippen LogP contribution in [0.5, 0.6) is 0 Å². The van der Waals surface area contributed by atoms with Gasteiger partial charge in [0, 0.05) is 24.5 Å². The van der Waals surface area contributed by atoms with Crippen LogP contribution in [0.25, 0.3) is 0 Å². The summed E-state index contributed by atoms with van der Waals surface area (Å²) < 4.78 is 0. The van der Waals surface area contributed by atoms with Gasteiger partial charge in [-0.2, -0.15) is 0 Å². The SMILES string of the molecule is O=C1C2CCCCN2C(=O)CCN1c1ccc(Cl)cc1Cl. The molecule has 2 heterocycles. The maximum atomic E-state index is 12.8. The van der Waals surface area contributed by atoms with Crippen LogP contribution in [-0.2, 0) is 9.59 Å². The van der Waals surface area contributed by atoms with Gasteiger partial charge in [0.15, 0.2) is 0 Å². The van der Waals surface area contributed by atoms with Gasteiger partial charge in [0.25, 0.3) is 0 Å². The van der Waals surface area contributed by atoms with E-state index in [1.165, 1.54) is 0 Å². The second kappa shape index (κ2) is 5.85. The summed E-state index contributed by atoms with van der Waals surface area (Å²) in [7, 11) is 0. The lowest BCUT2D eigenvalue weighted by Crippen LogP contribution is -2.49. The van der Waals surface area contributed by atoms with Crippen LogP contribution in [-0.4, -0.2) is 35.8 Å². The minimum atomic E-state index is -0.347. The van der Waals surface area contributed by atoms with Crippen LogP contribution < -0.4 is 4.90 Å². The molecule has 21 heavy (non-hydrogen) atoms. The quantitative estimate of drug-likeness (QED) is 0.795. The second-order valence-electron chi connectivity index (χ2n) is 5.43. The highest BCUT2D eigenvalue weighted by molar-refractivity contribution is 6.36. The van der Waals surface area contributed by atoms with Crippen molar-refractivity contribution in [1.29, 1.82) is 0 Å². The van der Waals surface area contributed by atoms with E-state index in [1.807, 2.05) is 0 Å². The normalized spacial score (nSPS) is 23.0. The number of hydrogen-bond acceptors (Lipinski definition) is 2. The van der Waals surface area contributed by atoms with E-state index >= 15 is 0 Å². The molecule has 2 amide bonds. The Morgan fingerprint density at radius 2 is 1.90 bits per heavy atom. The Labute approximate surface area is 133 Å². The van der Waals surface area contributed by atoms with Crippen molar-refractivity contribution in [3.05, 3.63) is 28.2 Å². The van der Waals surface area contributed by atoms with Crippen molar-refractivity contribution in [3.63, 3.8) is 0 Å². The topological polar surface area (TPSA) is 40.6 Å². The lowest BCUT2D eigenvalue weighted by molar-refractivity contribution is -0.138. The van der Waals surface area contributed by atoms with Crippen LogP contribution >= 0.6 is 23.2 Å². The number of rotatable bonds is 1. The fourth-order valence-corrected chi connectivity index (χ4v) is 3.58. The third-order valence-electron chi connectivity index (χ3n) is 4.12. The molecule has 3 rings (SSSR count). The molecule has 6 heteroatoms. The van der Waals surface area contributed by atoms with Gasteiger partial charge in [-0.3, -0.25) is 9.59 Å². The van der Waals surface area contributed by atoms with Crippen LogP contribution in [0.1, 0.15) is 25.7 Å². The van der Waals surface area contributed by atoms with Gasteiger partial charge in [-0.15, -0.1) is 0 Å². The smallest absolute Gasteiger partial charge is 0.249 e. The first kappa shape index (κ1) is 14.7. The number of piperidine rings is 1. The number of carbonyl (C=O) groups is 2. The van der Waals surface area contributed by atoms with Crippen LogP contribution in [0.15, 0.2) is 18.2 Å². The van der Waals surface area contributed by atoms with Crippen molar-refractivity contribution in [2.45, 2.75) is 31.7 Å². The summed E-state index contributed by atoms with van der Waals surface area (Å²) in [4.78, 5) is 28.4. The molecule has 2 saturated heterocycles. The van der Waals surface area contributed by atoms with Gasteiger partial charge in [-0.05, 0) is 37.5 Å². The van der Waals surface area contributed by atoms with E-state index in [-0.39, 0.29) is 17.9 Å². The second-order valence-corrected chi connectivity index (χ2v) is 6.28. The van der Waals surface area contributed by atoms with Gasteiger partial charge in [-0.25, -0.2) is 0 Å². The third kappa shape index (κ3) is 2.74. The zero-order valence-corrected chi connectivity index (χ0v) is 13.0. The Kier molecular flexibility index (Phi) is 4.09. The molecule has 112 valence electrons. The molecule has 1 aromatic carbocycles. The Bertz CT molecular complexity index is 591. The number of hydrogen-bond donors (Lipinski definition) is 0. The summed E-state index contributed by atoms with van der Waals surface area (Å²) in [5.74, 6) is 0.0189. The molecule has 2 fully saturated rings. The van der Waals surface area contributed by atoms with Gasteiger partial charge >= 0.3 is 0 Å². The first-order valence-electron chi connectivity index (χ1n) is 7.14. The van der Waals surface area contributed by atoms with Crippen LogP contribution in [0, 0.1) is 0 Å². The number of benzene rings is 1. The summed E-state index contributed by atoms with van der Waals surface area (Å²) in [6.45, 7) is 1.05. The van der Waals surface area contributed by atoms with Gasteiger partial charge in [0.05, 0.1) is 10.7 Å². The molecule has 1 unspecified atom stereocenters. The minimum Gasteiger partial charge on any atom is -0.331 e. The van der Waals surface area contributed by atoms with E-state index in [0.717, 1.165) is 19.3 Å². The molecular formula is C15H16Cl2N2O2. The summed E-state index contributed by atoms with van der Waals surface area (Å²) in [5.41, 5.74) is 0.631. The molecule has 0 radical (unpaired) electrons. The van der Waals surface area contributed by atoms with Gasteiger partial charge in [-0.1, -0.05) is 23.2 Å². The van der Waals surface area contributed by atoms with Gasteiger partial charge in [0.2, 0.25) is 11.8 Å². The van der Waals surface area contributed by atoms with Gasteiger partial charge < -0.3 is 9.80 Å². The lowest BCUT2D eigenvalue weighted by Gasteiger charge is -2.34. The monoisotopic (exact) mass is 326 g/mol. The molecule has 0 spiro atoms. The molecule has 2 aliphatic heterocycles. The Morgan fingerprint density at radius 3 is 2.67 bits per heavy atom. The molecule has 0 aliphatic carbocycles. The summed E-state index contributed by atoms with van der Waals surface area (Å²) >= 11 is 12.1. The van der Waals surface area contributed by atoms with Crippen molar-refractivity contribution in [2.24, 2.45) is 0 Å².